The maximum absolute atomic E-state index is 11.6. The quantitative estimate of drug-likeness (QED) is 0.427. The third-order valence-electron chi connectivity index (χ3n) is 2.86. The van der Waals surface area contributed by atoms with Gasteiger partial charge in [0.15, 0.2) is 0 Å². The van der Waals surface area contributed by atoms with Crippen molar-refractivity contribution >= 4 is 34.5 Å². The molecule has 4 atom stereocenters. The van der Waals surface area contributed by atoms with Crippen molar-refractivity contribution in [3.8, 4) is 0 Å². The number of amides is 3. The summed E-state index contributed by atoms with van der Waals surface area (Å²) in [6.07, 6.45) is -1.80. The second-order valence-electron chi connectivity index (χ2n) is 4.03. The summed E-state index contributed by atoms with van der Waals surface area (Å²) in [6.45, 7) is -0.0412. The van der Waals surface area contributed by atoms with Crippen LogP contribution in [0.25, 0.3) is 0 Å². The molecule has 0 aromatic carbocycles. The Hall–Kier alpha value is -0.450. The van der Waals surface area contributed by atoms with E-state index in [9.17, 15) is 14.7 Å². The van der Waals surface area contributed by atoms with E-state index in [-0.39, 0.29) is 29.4 Å². The number of halogens is 1. The van der Waals surface area contributed by atoms with E-state index < -0.39 is 24.5 Å². The first-order valence-electron chi connectivity index (χ1n) is 5.23. The molecular weight excluding hydrogens is 343 g/mol. The lowest BCUT2D eigenvalue weighted by Gasteiger charge is -2.33. The number of alkyl halides is 1. The van der Waals surface area contributed by atoms with E-state index in [1.54, 1.807) is 0 Å². The SMILES string of the molecule is O=C1NC(=O)N([C@H]2C[C@@H](O)[C@@H](CO)O2)CC1I. The second-order valence-corrected chi connectivity index (χ2v) is 5.53. The minimum absolute atomic E-state index is 0.246. The summed E-state index contributed by atoms with van der Waals surface area (Å²) in [5, 5.41) is 20.8. The summed E-state index contributed by atoms with van der Waals surface area (Å²) < 4.78 is 5.03. The average molecular weight is 356 g/mol. The molecule has 0 radical (unpaired) electrons. The van der Waals surface area contributed by atoms with Gasteiger partial charge in [0.2, 0.25) is 5.91 Å². The third kappa shape index (κ3) is 2.54. The smallest absolute Gasteiger partial charge is 0.326 e. The Morgan fingerprint density at radius 3 is 2.82 bits per heavy atom. The predicted octanol–water partition coefficient (Wildman–Crippen LogP) is -1.19. The fourth-order valence-electron chi connectivity index (χ4n) is 1.91. The van der Waals surface area contributed by atoms with Gasteiger partial charge in [-0.05, 0) is 0 Å². The van der Waals surface area contributed by atoms with Gasteiger partial charge in [0.1, 0.15) is 16.3 Å². The molecule has 1 unspecified atom stereocenters. The standard InChI is InChI=1S/C9H13IN2O5/c10-4-2-12(9(16)11-8(4)15)7-1-5(14)6(3-13)17-7/h4-7,13-14H,1-3H2,(H,11,15,16)/t4?,5-,6-,7-/m1/s1. The summed E-state index contributed by atoms with van der Waals surface area (Å²) in [7, 11) is 0. The highest BCUT2D eigenvalue weighted by atomic mass is 127. The lowest BCUT2D eigenvalue weighted by atomic mass is 10.2. The summed E-state index contributed by atoms with van der Waals surface area (Å²) in [4.78, 5) is 24.2. The van der Waals surface area contributed by atoms with Crippen molar-refractivity contribution in [1.29, 1.82) is 0 Å². The molecule has 0 bridgehead atoms. The molecule has 0 aromatic heterocycles. The molecule has 96 valence electrons. The van der Waals surface area contributed by atoms with Gasteiger partial charge in [0, 0.05) is 13.0 Å². The Morgan fingerprint density at radius 1 is 1.53 bits per heavy atom. The molecule has 2 fully saturated rings. The normalized spacial score (nSPS) is 38.4. The molecular formula is C9H13IN2O5. The number of urea groups is 1. The predicted molar refractivity (Wildman–Crippen MR) is 64.4 cm³/mol. The average Bonchev–Trinajstić information content (AvgIpc) is 2.65. The molecule has 2 aliphatic heterocycles. The second kappa shape index (κ2) is 5.04. The highest BCUT2D eigenvalue weighted by Gasteiger charge is 2.42. The molecule has 0 aliphatic carbocycles. The van der Waals surface area contributed by atoms with Gasteiger partial charge in [0.25, 0.3) is 0 Å². The van der Waals surface area contributed by atoms with Crippen LogP contribution in [-0.4, -0.2) is 62.6 Å². The summed E-state index contributed by atoms with van der Waals surface area (Å²) in [5.74, 6) is -0.316. The Morgan fingerprint density at radius 2 is 2.24 bits per heavy atom. The van der Waals surface area contributed by atoms with Crippen LogP contribution in [0, 0.1) is 0 Å². The van der Waals surface area contributed by atoms with Crippen molar-refractivity contribution in [3.05, 3.63) is 0 Å². The molecule has 2 heterocycles. The number of aliphatic hydroxyl groups excluding tert-OH is 2. The molecule has 0 aromatic rings. The number of carbonyl (C=O) groups is 2. The van der Waals surface area contributed by atoms with E-state index in [2.05, 4.69) is 5.32 Å². The molecule has 3 N–H and O–H groups in total. The number of rotatable bonds is 2. The van der Waals surface area contributed by atoms with Crippen LogP contribution in [0.15, 0.2) is 0 Å². The first-order valence-corrected chi connectivity index (χ1v) is 6.47. The zero-order valence-electron chi connectivity index (χ0n) is 8.88. The number of hydrogen-bond acceptors (Lipinski definition) is 5. The first kappa shape index (κ1) is 13.0. The van der Waals surface area contributed by atoms with E-state index in [1.165, 1.54) is 4.90 Å². The number of hydrogen-bond donors (Lipinski definition) is 3. The maximum Gasteiger partial charge on any atom is 0.326 e. The molecule has 7 nitrogen and oxygen atoms in total. The number of nitrogens with zero attached hydrogens (tertiary/aromatic N) is 1. The molecule has 3 amide bonds. The van der Waals surface area contributed by atoms with Gasteiger partial charge in [-0.3, -0.25) is 15.0 Å². The number of nitrogens with one attached hydrogen (secondary N) is 1. The van der Waals surface area contributed by atoms with Crippen LogP contribution in [0.5, 0.6) is 0 Å². The highest BCUT2D eigenvalue weighted by molar-refractivity contribution is 14.1. The fourth-order valence-corrected chi connectivity index (χ4v) is 2.49. The zero-order valence-corrected chi connectivity index (χ0v) is 11.0. The Bertz CT molecular complexity index is 339. The Balaban J connectivity index is 2.03. The first-order chi connectivity index (χ1) is 8.02. The highest BCUT2D eigenvalue weighted by Crippen LogP contribution is 2.25. The van der Waals surface area contributed by atoms with E-state index in [0.717, 1.165) is 0 Å². The Kier molecular flexibility index (Phi) is 3.85. The minimum Gasteiger partial charge on any atom is -0.394 e. The van der Waals surface area contributed by atoms with Crippen molar-refractivity contribution in [2.75, 3.05) is 13.2 Å². The molecule has 17 heavy (non-hydrogen) atoms. The number of ether oxygens (including phenoxy) is 1. The number of aliphatic hydroxyl groups is 2. The Labute approximate surface area is 111 Å². The van der Waals surface area contributed by atoms with Crippen LogP contribution in [0.4, 0.5) is 4.79 Å². The largest absolute Gasteiger partial charge is 0.394 e. The molecule has 0 saturated carbocycles. The van der Waals surface area contributed by atoms with Crippen molar-refractivity contribution in [3.63, 3.8) is 0 Å². The molecule has 2 rings (SSSR count). The van der Waals surface area contributed by atoms with Gasteiger partial charge >= 0.3 is 6.03 Å². The van der Waals surface area contributed by atoms with Crippen LogP contribution in [0.2, 0.25) is 0 Å². The van der Waals surface area contributed by atoms with Crippen LogP contribution < -0.4 is 5.32 Å². The van der Waals surface area contributed by atoms with E-state index >= 15 is 0 Å². The van der Waals surface area contributed by atoms with Crippen molar-refractivity contribution in [1.82, 2.24) is 10.2 Å². The van der Waals surface area contributed by atoms with E-state index in [0.29, 0.717) is 0 Å². The van der Waals surface area contributed by atoms with Crippen molar-refractivity contribution < 1.29 is 24.5 Å². The lowest BCUT2D eigenvalue weighted by molar-refractivity contribution is -0.122. The molecule has 2 aliphatic rings. The third-order valence-corrected chi connectivity index (χ3v) is 3.82. The number of imide groups is 1. The molecule has 2 saturated heterocycles. The minimum atomic E-state index is -0.789. The monoisotopic (exact) mass is 356 g/mol. The summed E-state index contributed by atoms with van der Waals surface area (Å²) in [5.41, 5.74) is 0. The zero-order chi connectivity index (χ0) is 12.6. The van der Waals surface area contributed by atoms with Crippen molar-refractivity contribution in [2.45, 2.75) is 28.8 Å². The fraction of sp³-hybridized carbons (Fsp3) is 0.778. The summed E-state index contributed by atoms with van der Waals surface area (Å²) >= 11 is 1.94. The van der Waals surface area contributed by atoms with Gasteiger partial charge < -0.3 is 14.9 Å². The van der Waals surface area contributed by atoms with Crippen LogP contribution >= 0.6 is 22.6 Å². The van der Waals surface area contributed by atoms with Gasteiger partial charge in [-0.2, -0.15) is 0 Å². The topological polar surface area (TPSA) is 99.1 Å². The summed E-state index contributed by atoms with van der Waals surface area (Å²) in [6, 6.07) is -0.515. The van der Waals surface area contributed by atoms with E-state index in [1.807, 2.05) is 22.6 Å². The molecule has 0 spiro atoms. The van der Waals surface area contributed by atoms with Gasteiger partial charge in [-0.1, -0.05) is 22.6 Å². The lowest BCUT2D eigenvalue weighted by Crippen LogP contribution is -2.58. The van der Waals surface area contributed by atoms with Crippen molar-refractivity contribution in [2.24, 2.45) is 0 Å². The van der Waals surface area contributed by atoms with Crippen LogP contribution in [0.1, 0.15) is 6.42 Å². The van der Waals surface area contributed by atoms with Gasteiger partial charge in [-0.15, -0.1) is 0 Å². The van der Waals surface area contributed by atoms with E-state index in [4.69, 9.17) is 9.84 Å². The van der Waals surface area contributed by atoms with Crippen LogP contribution in [0.3, 0.4) is 0 Å². The van der Waals surface area contributed by atoms with Gasteiger partial charge in [-0.25, -0.2) is 4.79 Å². The van der Waals surface area contributed by atoms with Gasteiger partial charge in [0.05, 0.1) is 12.7 Å². The number of carbonyl (C=O) groups excluding carboxylic acids is 2. The maximum atomic E-state index is 11.6. The molecule has 8 heteroatoms. The van der Waals surface area contributed by atoms with Crippen LogP contribution in [-0.2, 0) is 9.53 Å².